The average molecular weight is 338 g/mol. The minimum absolute atomic E-state index is 0.0142. The lowest BCUT2D eigenvalue weighted by Crippen LogP contribution is -2.37. The van der Waals surface area contributed by atoms with Gasteiger partial charge in [-0.15, -0.1) is 0 Å². The Morgan fingerprint density at radius 2 is 2.17 bits per heavy atom. The Labute approximate surface area is 136 Å². The first-order valence-corrected chi connectivity index (χ1v) is 9.83. The summed E-state index contributed by atoms with van der Waals surface area (Å²) in [7, 11) is -3.01. The third-order valence-corrected chi connectivity index (χ3v) is 6.20. The van der Waals surface area contributed by atoms with E-state index in [1.807, 2.05) is 0 Å². The van der Waals surface area contributed by atoms with Crippen LogP contribution in [0.25, 0.3) is 0 Å². The van der Waals surface area contributed by atoms with Gasteiger partial charge in [0.25, 0.3) is 5.91 Å². The molecule has 3 heterocycles. The van der Waals surface area contributed by atoms with Crippen molar-refractivity contribution in [3.8, 4) is 0 Å². The van der Waals surface area contributed by atoms with Gasteiger partial charge in [-0.05, 0) is 25.2 Å². The molecule has 2 fully saturated rings. The SMILES string of the molecule is CC1CCCN(c2cc(C(=O)NC3CCS(=O)(=O)C3)ncn2)C1. The van der Waals surface area contributed by atoms with Crippen molar-refractivity contribution in [2.45, 2.75) is 32.2 Å². The molecule has 1 aromatic heterocycles. The van der Waals surface area contributed by atoms with E-state index in [0.717, 1.165) is 25.3 Å². The fraction of sp³-hybridized carbons (Fsp3) is 0.667. The number of sulfone groups is 1. The maximum atomic E-state index is 12.3. The molecule has 0 spiro atoms. The largest absolute Gasteiger partial charge is 0.356 e. The van der Waals surface area contributed by atoms with Gasteiger partial charge in [0.05, 0.1) is 11.5 Å². The highest BCUT2D eigenvalue weighted by Crippen LogP contribution is 2.21. The first-order chi connectivity index (χ1) is 10.9. The number of amides is 1. The minimum atomic E-state index is -3.01. The number of hydrogen-bond acceptors (Lipinski definition) is 6. The highest BCUT2D eigenvalue weighted by molar-refractivity contribution is 7.91. The predicted molar refractivity (Wildman–Crippen MR) is 87.2 cm³/mol. The smallest absolute Gasteiger partial charge is 0.270 e. The van der Waals surface area contributed by atoms with E-state index in [1.54, 1.807) is 6.07 Å². The molecule has 0 bridgehead atoms. The van der Waals surface area contributed by atoms with Gasteiger partial charge < -0.3 is 10.2 Å². The zero-order chi connectivity index (χ0) is 16.4. The zero-order valence-corrected chi connectivity index (χ0v) is 14.1. The van der Waals surface area contributed by atoms with Crippen LogP contribution in [0.3, 0.4) is 0 Å². The van der Waals surface area contributed by atoms with Gasteiger partial charge in [-0.1, -0.05) is 6.92 Å². The second-order valence-corrected chi connectivity index (χ2v) is 8.76. The van der Waals surface area contributed by atoms with Gasteiger partial charge >= 0.3 is 0 Å². The van der Waals surface area contributed by atoms with Crippen LogP contribution >= 0.6 is 0 Å². The first kappa shape index (κ1) is 16.2. The fourth-order valence-electron chi connectivity index (χ4n) is 3.21. The van der Waals surface area contributed by atoms with Crippen LogP contribution in [-0.4, -0.2) is 54.9 Å². The van der Waals surface area contributed by atoms with E-state index >= 15 is 0 Å². The Morgan fingerprint density at radius 1 is 1.35 bits per heavy atom. The number of hydrogen-bond donors (Lipinski definition) is 1. The molecule has 126 valence electrons. The molecule has 2 atom stereocenters. The summed E-state index contributed by atoms with van der Waals surface area (Å²) in [5, 5.41) is 2.76. The van der Waals surface area contributed by atoms with Gasteiger partial charge in [0.15, 0.2) is 9.84 Å². The average Bonchev–Trinajstić information content (AvgIpc) is 2.86. The number of aromatic nitrogens is 2. The summed E-state index contributed by atoms with van der Waals surface area (Å²) < 4.78 is 22.9. The van der Waals surface area contributed by atoms with Crippen molar-refractivity contribution in [3.05, 3.63) is 18.1 Å². The first-order valence-electron chi connectivity index (χ1n) is 8.01. The Bertz CT molecular complexity index is 692. The van der Waals surface area contributed by atoms with Crippen molar-refractivity contribution in [2.24, 2.45) is 5.92 Å². The molecule has 2 aliphatic heterocycles. The summed E-state index contributed by atoms with van der Waals surface area (Å²) in [4.78, 5) is 22.8. The van der Waals surface area contributed by atoms with Crippen LogP contribution in [0.1, 0.15) is 36.7 Å². The van der Waals surface area contributed by atoms with Gasteiger partial charge in [0, 0.05) is 25.2 Å². The van der Waals surface area contributed by atoms with Crippen molar-refractivity contribution in [2.75, 3.05) is 29.5 Å². The number of nitrogens with one attached hydrogen (secondary N) is 1. The summed E-state index contributed by atoms with van der Waals surface area (Å²) in [5.41, 5.74) is 0.289. The molecule has 0 radical (unpaired) electrons. The van der Waals surface area contributed by atoms with Gasteiger partial charge in [0.1, 0.15) is 17.8 Å². The van der Waals surface area contributed by atoms with Crippen molar-refractivity contribution in [1.82, 2.24) is 15.3 Å². The van der Waals surface area contributed by atoms with Crippen LogP contribution in [0.2, 0.25) is 0 Å². The zero-order valence-electron chi connectivity index (χ0n) is 13.2. The molecule has 8 heteroatoms. The van der Waals surface area contributed by atoms with Crippen LogP contribution in [0.4, 0.5) is 5.82 Å². The number of piperidine rings is 1. The lowest BCUT2D eigenvalue weighted by Gasteiger charge is -2.31. The van der Waals surface area contributed by atoms with E-state index in [4.69, 9.17) is 0 Å². The second kappa shape index (κ2) is 6.43. The maximum absolute atomic E-state index is 12.3. The van der Waals surface area contributed by atoms with Gasteiger partial charge in [-0.3, -0.25) is 4.79 Å². The molecule has 2 unspecified atom stereocenters. The standard InChI is InChI=1S/C15H22N4O3S/c1-11-3-2-5-19(8-11)14-7-13(16-10-17-14)15(20)18-12-4-6-23(21,22)9-12/h7,10-12H,2-6,8-9H2,1H3,(H,18,20). The Balaban J connectivity index is 1.68. The van der Waals surface area contributed by atoms with Crippen LogP contribution in [0, 0.1) is 5.92 Å². The molecule has 7 nitrogen and oxygen atoms in total. The minimum Gasteiger partial charge on any atom is -0.356 e. The van der Waals surface area contributed by atoms with Crippen molar-refractivity contribution >= 4 is 21.6 Å². The highest BCUT2D eigenvalue weighted by Gasteiger charge is 2.29. The molecule has 1 aromatic rings. The second-order valence-electron chi connectivity index (χ2n) is 6.53. The Morgan fingerprint density at radius 3 is 2.87 bits per heavy atom. The van der Waals surface area contributed by atoms with E-state index in [1.165, 1.54) is 12.7 Å². The molecular weight excluding hydrogens is 316 g/mol. The Kier molecular flexibility index (Phi) is 4.52. The van der Waals surface area contributed by atoms with Crippen LogP contribution < -0.4 is 10.2 Å². The van der Waals surface area contributed by atoms with E-state index < -0.39 is 9.84 Å². The summed E-state index contributed by atoms with van der Waals surface area (Å²) >= 11 is 0. The molecule has 2 saturated heterocycles. The molecule has 2 aliphatic rings. The van der Waals surface area contributed by atoms with Gasteiger partial charge in [-0.2, -0.15) is 0 Å². The third-order valence-electron chi connectivity index (χ3n) is 4.43. The highest BCUT2D eigenvalue weighted by atomic mass is 32.2. The fourth-order valence-corrected chi connectivity index (χ4v) is 4.88. The topological polar surface area (TPSA) is 92.3 Å². The van der Waals surface area contributed by atoms with Gasteiger partial charge in [-0.25, -0.2) is 18.4 Å². The number of carbonyl (C=O) groups excluding carboxylic acids is 1. The summed E-state index contributed by atoms with van der Waals surface area (Å²) in [5.74, 6) is 1.19. The number of anilines is 1. The van der Waals surface area contributed by atoms with E-state index in [2.05, 4.69) is 27.1 Å². The maximum Gasteiger partial charge on any atom is 0.270 e. The molecule has 3 rings (SSSR count). The summed E-state index contributed by atoms with van der Waals surface area (Å²) in [6, 6.07) is 1.37. The Hall–Kier alpha value is -1.70. The van der Waals surface area contributed by atoms with E-state index in [9.17, 15) is 13.2 Å². The lowest BCUT2D eigenvalue weighted by molar-refractivity contribution is 0.0936. The van der Waals surface area contributed by atoms with Crippen molar-refractivity contribution in [1.29, 1.82) is 0 Å². The molecule has 0 aliphatic carbocycles. The van der Waals surface area contributed by atoms with Crippen molar-refractivity contribution < 1.29 is 13.2 Å². The van der Waals surface area contributed by atoms with Crippen LogP contribution in [-0.2, 0) is 9.84 Å². The number of carbonyl (C=O) groups is 1. The van der Waals surface area contributed by atoms with Crippen LogP contribution in [0.15, 0.2) is 12.4 Å². The number of nitrogens with zero attached hydrogens (tertiary/aromatic N) is 3. The monoisotopic (exact) mass is 338 g/mol. The quantitative estimate of drug-likeness (QED) is 0.869. The molecule has 1 amide bonds. The molecule has 0 saturated carbocycles. The van der Waals surface area contributed by atoms with E-state index in [-0.39, 0.29) is 29.1 Å². The molecule has 1 N–H and O–H groups in total. The van der Waals surface area contributed by atoms with E-state index in [0.29, 0.717) is 12.3 Å². The number of rotatable bonds is 3. The molecule has 23 heavy (non-hydrogen) atoms. The van der Waals surface area contributed by atoms with Crippen molar-refractivity contribution in [3.63, 3.8) is 0 Å². The van der Waals surface area contributed by atoms with Gasteiger partial charge in [0.2, 0.25) is 0 Å². The third kappa shape index (κ3) is 3.99. The molecular formula is C15H22N4O3S. The summed E-state index contributed by atoms with van der Waals surface area (Å²) in [6.45, 7) is 4.07. The predicted octanol–water partition coefficient (Wildman–Crippen LogP) is 0.630. The normalized spacial score (nSPS) is 26.9. The molecule has 0 aromatic carbocycles. The van der Waals surface area contributed by atoms with Crippen LogP contribution in [0.5, 0.6) is 0 Å². The summed E-state index contributed by atoms with van der Waals surface area (Å²) in [6.07, 6.45) is 4.20. The lowest BCUT2D eigenvalue weighted by atomic mass is 10.0.